The highest BCUT2D eigenvalue weighted by molar-refractivity contribution is 6.83. The van der Waals surface area contributed by atoms with Gasteiger partial charge < -0.3 is 9.97 Å². The van der Waals surface area contributed by atoms with E-state index in [9.17, 15) is 0 Å². The van der Waals surface area contributed by atoms with E-state index in [1.54, 1.807) is 0 Å². The number of aromatic nitrogens is 4. The fraction of sp³-hybridized carbons (Fsp3) is 0.150. The number of hydrogen-bond acceptors (Lipinski definition) is 2. The molecule has 0 fully saturated rings. The van der Waals surface area contributed by atoms with Crippen molar-refractivity contribution < 1.29 is 0 Å². The van der Waals surface area contributed by atoms with Gasteiger partial charge >= 0.3 is 0 Å². The molecule has 0 aliphatic carbocycles. The van der Waals surface area contributed by atoms with E-state index in [2.05, 4.69) is 159 Å². The van der Waals surface area contributed by atoms with Gasteiger partial charge in [-0.1, -0.05) is 55.4 Å². The second kappa shape index (κ2) is 11.1. The molecule has 0 amide bonds. The van der Waals surface area contributed by atoms with Crippen molar-refractivity contribution in [3.8, 4) is 33.7 Å². The Kier molecular flexibility index (Phi) is 7.03. The van der Waals surface area contributed by atoms with E-state index in [-0.39, 0.29) is 0 Å². The van der Waals surface area contributed by atoms with Gasteiger partial charge in [-0.2, -0.15) is 0 Å². The van der Waals surface area contributed by atoms with E-state index in [0.717, 1.165) is 67.1 Å². The van der Waals surface area contributed by atoms with Crippen LogP contribution in [0.1, 0.15) is 45.0 Å². The summed E-state index contributed by atoms with van der Waals surface area (Å²) in [5.41, 5.74) is 20.3. The molecule has 0 radical (unpaired) electrons. The zero-order chi connectivity index (χ0) is 31.3. The number of fused-ring (bicyclic) bond motifs is 8. The largest absolute Gasteiger partial charge is 0.355 e. The van der Waals surface area contributed by atoms with Crippen molar-refractivity contribution in [3.05, 3.63) is 118 Å². The number of benzene rings is 2. The third-order valence-corrected chi connectivity index (χ3v) is 8.95. The summed E-state index contributed by atoms with van der Waals surface area (Å²) in [5.74, 6) is 3.39. The maximum Gasteiger partial charge on any atom is 0.129 e. The van der Waals surface area contributed by atoms with Crippen molar-refractivity contribution in [2.75, 3.05) is 0 Å². The minimum Gasteiger partial charge on any atom is -0.355 e. The quantitative estimate of drug-likeness (QED) is 0.153. The van der Waals surface area contributed by atoms with Crippen LogP contribution in [0.3, 0.4) is 0 Å². The van der Waals surface area contributed by atoms with Gasteiger partial charge in [-0.05, 0) is 116 Å². The minimum atomic E-state index is -1.47. The molecule has 2 aromatic carbocycles. The first-order valence-corrected chi connectivity index (χ1v) is 18.9. The summed E-state index contributed by atoms with van der Waals surface area (Å²) < 4.78 is 0. The number of hydrogen-bond donors (Lipinski definition) is 2. The fourth-order valence-electron chi connectivity index (χ4n) is 6.19. The predicted molar refractivity (Wildman–Crippen MR) is 194 cm³/mol. The van der Waals surface area contributed by atoms with Crippen LogP contribution in [0.4, 0.5) is 0 Å². The summed E-state index contributed by atoms with van der Waals surface area (Å²) in [6, 6.07) is 25.7. The van der Waals surface area contributed by atoms with E-state index in [4.69, 9.17) is 9.97 Å². The van der Waals surface area contributed by atoms with Gasteiger partial charge in [0.2, 0.25) is 0 Å². The zero-order valence-electron chi connectivity index (χ0n) is 26.6. The lowest BCUT2D eigenvalue weighted by Crippen LogP contribution is -2.16. The molecule has 4 nitrogen and oxygen atoms in total. The predicted octanol–water partition coefficient (Wildman–Crippen LogP) is 10.1. The number of nitrogens with zero attached hydrogens (tertiary/aromatic N) is 2. The molecule has 0 atom stereocenters. The Morgan fingerprint density at radius 3 is 1.89 bits per heavy atom. The van der Waals surface area contributed by atoms with E-state index >= 15 is 0 Å². The third-order valence-electron chi connectivity index (χ3n) is 8.08. The molecule has 7 rings (SSSR count). The lowest BCUT2D eigenvalue weighted by atomic mass is 9.92. The van der Waals surface area contributed by atoms with E-state index in [1.165, 1.54) is 22.3 Å². The highest BCUT2D eigenvalue weighted by Gasteiger charge is 2.19. The van der Waals surface area contributed by atoms with Crippen LogP contribution in [0.2, 0.25) is 19.6 Å². The van der Waals surface area contributed by atoms with Crippen LogP contribution < -0.4 is 0 Å². The molecule has 5 aromatic rings. The SMILES string of the molecule is Cc1cc(C)c(-c2c3nc(cc4ccc(cc5ccc([nH]5)c(-c5ccc(C#C[Si](C)(C)C)cc5)c5nc2C=C5)[nH]4)C=C3)c(C)c1. The normalized spacial score (nSPS) is 12.3. The molecule has 2 aliphatic heterocycles. The molecule has 0 unspecified atom stereocenters. The summed E-state index contributed by atoms with van der Waals surface area (Å²) >= 11 is 0. The van der Waals surface area contributed by atoms with Crippen LogP contribution in [-0.2, 0) is 0 Å². The van der Waals surface area contributed by atoms with Gasteiger partial charge in [-0.15, -0.1) is 5.54 Å². The zero-order valence-corrected chi connectivity index (χ0v) is 27.6. The second-order valence-electron chi connectivity index (χ2n) is 13.1. The molecule has 220 valence electrons. The van der Waals surface area contributed by atoms with Gasteiger partial charge in [0.05, 0.1) is 22.8 Å². The highest BCUT2D eigenvalue weighted by Crippen LogP contribution is 2.37. The Morgan fingerprint density at radius 1 is 0.578 bits per heavy atom. The van der Waals surface area contributed by atoms with Gasteiger partial charge in [-0.3, -0.25) is 0 Å². The van der Waals surface area contributed by atoms with Gasteiger partial charge in [0, 0.05) is 38.8 Å². The Balaban J connectivity index is 1.56. The average Bonchev–Trinajstić information content (AvgIpc) is 3.80. The first-order chi connectivity index (χ1) is 21.6. The van der Waals surface area contributed by atoms with Gasteiger partial charge in [0.25, 0.3) is 0 Å². The molecule has 45 heavy (non-hydrogen) atoms. The van der Waals surface area contributed by atoms with Crippen molar-refractivity contribution in [3.63, 3.8) is 0 Å². The maximum atomic E-state index is 5.35. The van der Waals surface area contributed by atoms with Gasteiger partial charge in [-0.25, -0.2) is 9.97 Å². The molecule has 2 N–H and O–H groups in total. The van der Waals surface area contributed by atoms with Crippen LogP contribution >= 0.6 is 0 Å². The van der Waals surface area contributed by atoms with E-state index < -0.39 is 8.07 Å². The monoisotopic (exact) mass is 600 g/mol. The third kappa shape index (κ3) is 5.85. The lowest BCUT2D eigenvalue weighted by Gasteiger charge is -2.13. The molecule has 0 spiro atoms. The van der Waals surface area contributed by atoms with Crippen LogP contribution in [0.25, 0.3) is 68.6 Å². The number of H-pyrrole nitrogens is 2. The maximum absolute atomic E-state index is 5.35. The lowest BCUT2D eigenvalue weighted by molar-refractivity contribution is 1.25. The highest BCUT2D eigenvalue weighted by atomic mass is 28.3. The fourth-order valence-corrected chi connectivity index (χ4v) is 6.71. The molecule has 2 aliphatic rings. The van der Waals surface area contributed by atoms with Crippen LogP contribution in [0.5, 0.6) is 0 Å². The van der Waals surface area contributed by atoms with Crippen LogP contribution in [0, 0.1) is 32.2 Å². The number of aromatic amines is 2. The molecule has 0 saturated carbocycles. The Morgan fingerprint density at radius 2 is 1.18 bits per heavy atom. The summed E-state index contributed by atoms with van der Waals surface area (Å²) in [7, 11) is -1.47. The summed E-state index contributed by atoms with van der Waals surface area (Å²) in [6.07, 6.45) is 8.48. The molecule has 5 heteroatoms. The molecular weight excluding hydrogens is 565 g/mol. The molecule has 5 heterocycles. The summed E-state index contributed by atoms with van der Waals surface area (Å²) in [5, 5.41) is 0. The van der Waals surface area contributed by atoms with Gasteiger partial charge in [0.15, 0.2) is 0 Å². The first-order valence-electron chi connectivity index (χ1n) is 15.4. The standard InChI is InChI=1S/C40H36N4Si/c1-25-21-26(2)38(27(3)22-25)40-36-16-14-33(43-36)24-31-12-11-30(41-31)23-32-13-15-34(42-32)39(35-17-18-37(40)44-35)29-9-7-28(8-10-29)19-20-45(4,5)6/h7-18,21-24,41-42H,1-6H3. The van der Waals surface area contributed by atoms with Crippen molar-refractivity contribution in [2.24, 2.45) is 0 Å². The van der Waals surface area contributed by atoms with Gasteiger partial charge in [0.1, 0.15) is 8.07 Å². The Labute approximate surface area is 265 Å². The smallest absolute Gasteiger partial charge is 0.129 e. The molecule has 8 bridgehead atoms. The topological polar surface area (TPSA) is 57.4 Å². The van der Waals surface area contributed by atoms with Crippen molar-refractivity contribution >= 4 is 54.4 Å². The molecular formula is C40H36N4Si. The minimum absolute atomic E-state index is 0.906. The average molecular weight is 601 g/mol. The number of rotatable bonds is 2. The Hall–Kier alpha value is -5.18. The van der Waals surface area contributed by atoms with Crippen molar-refractivity contribution in [1.82, 2.24) is 19.9 Å². The van der Waals surface area contributed by atoms with Crippen LogP contribution in [0.15, 0.2) is 72.8 Å². The summed E-state index contributed by atoms with van der Waals surface area (Å²) in [6.45, 7) is 13.3. The Bertz CT molecular complexity index is 2250. The van der Waals surface area contributed by atoms with Crippen molar-refractivity contribution in [1.29, 1.82) is 0 Å². The second-order valence-corrected chi connectivity index (χ2v) is 17.8. The summed E-state index contributed by atoms with van der Waals surface area (Å²) in [4.78, 5) is 17.7. The number of aryl methyl sites for hydroxylation is 3. The number of nitrogens with one attached hydrogen (secondary N) is 2. The molecule has 0 saturated heterocycles. The van der Waals surface area contributed by atoms with Crippen LogP contribution in [-0.4, -0.2) is 28.0 Å². The molecule has 3 aromatic heterocycles. The van der Waals surface area contributed by atoms with Crippen molar-refractivity contribution in [2.45, 2.75) is 40.4 Å². The first kappa shape index (κ1) is 28.6. The van der Waals surface area contributed by atoms with E-state index in [0.29, 0.717) is 0 Å². The van der Waals surface area contributed by atoms with E-state index in [1.807, 2.05) is 0 Å².